The summed E-state index contributed by atoms with van der Waals surface area (Å²) in [5.41, 5.74) is 0. The van der Waals surface area contributed by atoms with Crippen LogP contribution < -0.4 is 5.09 Å². The molecule has 0 heterocycles. The Morgan fingerprint density at radius 3 is 2.18 bits per heavy atom. The van der Waals surface area contributed by atoms with Gasteiger partial charge in [0.05, 0.1) is 6.10 Å². The fourth-order valence-electron chi connectivity index (χ4n) is 0.400. The maximum Gasteiger partial charge on any atom is 0.258 e. The quantitative estimate of drug-likeness (QED) is 0.670. The van der Waals surface area contributed by atoms with Crippen molar-refractivity contribution in [2.75, 3.05) is 7.05 Å². The van der Waals surface area contributed by atoms with E-state index in [0.717, 1.165) is 0 Å². The predicted molar refractivity (Wildman–Crippen MR) is 50.9 cm³/mol. The molecule has 0 saturated carbocycles. The summed E-state index contributed by atoms with van der Waals surface area (Å²) >= 11 is 4.77. The Kier molecular flexibility index (Phi) is 4.75. The first kappa shape index (κ1) is 11.5. The number of hydrogen-bond acceptors (Lipinski definition) is 2. The van der Waals surface area contributed by atoms with Crippen molar-refractivity contribution in [2.45, 2.75) is 26.9 Å². The van der Waals surface area contributed by atoms with E-state index < -0.39 is 6.64 Å². The lowest BCUT2D eigenvalue weighted by Gasteiger charge is -2.22. The van der Waals surface area contributed by atoms with Crippen LogP contribution in [0.3, 0.4) is 0 Å². The molecule has 0 aliphatic heterocycles. The molecule has 2 unspecified atom stereocenters. The Morgan fingerprint density at radius 1 is 1.45 bits per heavy atom. The molecule has 3 nitrogen and oxygen atoms in total. The molecule has 11 heavy (non-hydrogen) atoms. The summed E-state index contributed by atoms with van der Waals surface area (Å²) in [4.78, 5) is 9.34. The Labute approximate surface area is 73.4 Å². The van der Waals surface area contributed by atoms with Gasteiger partial charge in [-0.3, -0.25) is 0 Å². The van der Waals surface area contributed by atoms with Crippen LogP contribution in [0.1, 0.15) is 20.8 Å². The van der Waals surface area contributed by atoms with Gasteiger partial charge in [0.25, 0.3) is 6.64 Å². The first-order chi connectivity index (χ1) is 4.89. The van der Waals surface area contributed by atoms with Gasteiger partial charge in [-0.1, -0.05) is 13.8 Å². The summed E-state index contributed by atoms with van der Waals surface area (Å²) < 4.78 is 5.22. The molecule has 0 aromatic heterocycles. The Balaban J connectivity index is 3.94. The summed E-state index contributed by atoms with van der Waals surface area (Å²) in [6.45, 7) is 3.25. The summed E-state index contributed by atoms with van der Waals surface area (Å²) in [5, 5.41) is 2.59. The van der Waals surface area contributed by atoms with Crippen molar-refractivity contribution in [1.82, 2.24) is 5.09 Å². The van der Waals surface area contributed by atoms with Crippen LogP contribution in [0, 0.1) is 5.92 Å². The van der Waals surface area contributed by atoms with Crippen molar-refractivity contribution in [3.8, 4) is 0 Å². The van der Waals surface area contributed by atoms with Crippen LogP contribution in [0.25, 0.3) is 0 Å². The van der Waals surface area contributed by atoms with E-state index in [1.165, 1.54) is 0 Å². The fourth-order valence-corrected chi connectivity index (χ4v) is 1.61. The van der Waals surface area contributed by atoms with Gasteiger partial charge in [-0.2, -0.15) is 0 Å². The smallest absolute Gasteiger partial charge is 0.258 e. The standard InChI is InChI=1S/C6H16NO2PS/c1-5(2)6(3)9-10(8,11)7-4/h5-6H,1-4H3,(H2,7,8,11). The Hall–Kier alpha value is 0.530. The third-order valence-electron chi connectivity index (χ3n) is 1.53. The molecule has 0 spiro atoms. The normalized spacial score (nSPS) is 19.8. The lowest BCUT2D eigenvalue weighted by atomic mass is 10.1. The van der Waals surface area contributed by atoms with Crippen LogP contribution in [0.5, 0.6) is 0 Å². The SMILES string of the molecule is CNP(O)(=S)OC(C)C(C)C. The molecule has 0 saturated heterocycles. The van der Waals surface area contributed by atoms with E-state index in [1.807, 2.05) is 20.8 Å². The minimum atomic E-state index is -2.70. The van der Waals surface area contributed by atoms with Crippen LogP contribution >= 0.6 is 6.64 Å². The predicted octanol–water partition coefficient (Wildman–Crippen LogP) is 1.48. The van der Waals surface area contributed by atoms with Gasteiger partial charge >= 0.3 is 0 Å². The fraction of sp³-hybridized carbons (Fsp3) is 1.00. The van der Waals surface area contributed by atoms with Gasteiger partial charge in [-0.25, -0.2) is 5.09 Å². The topological polar surface area (TPSA) is 41.5 Å². The molecule has 0 radical (unpaired) electrons. The van der Waals surface area contributed by atoms with E-state index in [9.17, 15) is 4.89 Å². The molecule has 0 rings (SSSR count). The molecular formula is C6H16NO2PS. The van der Waals surface area contributed by atoms with Gasteiger partial charge in [0.2, 0.25) is 0 Å². The molecule has 0 amide bonds. The minimum absolute atomic E-state index is 0.00159. The van der Waals surface area contributed by atoms with Gasteiger partial charge in [0.1, 0.15) is 0 Å². The molecule has 0 aliphatic rings. The van der Waals surface area contributed by atoms with Crippen LogP contribution in [-0.2, 0) is 16.3 Å². The zero-order chi connectivity index (χ0) is 9.07. The minimum Gasteiger partial charge on any atom is -0.334 e. The average Bonchev–Trinajstić information content (AvgIpc) is 1.87. The van der Waals surface area contributed by atoms with Gasteiger partial charge in [0.15, 0.2) is 0 Å². The van der Waals surface area contributed by atoms with Gasteiger partial charge in [-0.05, 0) is 31.7 Å². The molecule has 68 valence electrons. The van der Waals surface area contributed by atoms with E-state index in [-0.39, 0.29) is 6.10 Å². The lowest BCUT2D eigenvalue weighted by molar-refractivity contribution is 0.167. The second-order valence-corrected chi connectivity index (χ2v) is 5.98. The van der Waals surface area contributed by atoms with Gasteiger partial charge in [0, 0.05) is 0 Å². The molecular weight excluding hydrogens is 181 g/mol. The van der Waals surface area contributed by atoms with E-state index in [4.69, 9.17) is 16.3 Å². The number of hydrogen-bond donors (Lipinski definition) is 2. The third kappa shape index (κ3) is 4.88. The van der Waals surface area contributed by atoms with Crippen LogP contribution in [0.4, 0.5) is 0 Å². The molecule has 0 aromatic carbocycles. The van der Waals surface area contributed by atoms with Crippen LogP contribution in [0.15, 0.2) is 0 Å². The highest BCUT2D eigenvalue weighted by Crippen LogP contribution is 2.39. The summed E-state index contributed by atoms with van der Waals surface area (Å²) in [7, 11) is 1.60. The summed E-state index contributed by atoms with van der Waals surface area (Å²) in [5.74, 6) is 0.373. The molecule has 0 fully saturated rings. The van der Waals surface area contributed by atoms with Crippen molar-refractivity contribution in [3.05, 3.63) is 0 Å². The zero-order valence-electron chi connectivity index (χ0n) is 7.37. The second kappa shape index (κ2) is 4.53. The van der Waals surface area contributed by atoms with Gasteiger partial charge in [-0.15, -0.1) is 0 Å². The highest BCUT2D eigenvalue weighted by Gasteiger charge is 2.17. The number of rotatable bonds is 4. The number of nitrogens with one attached hydrogen (secondary N) is 1. The molecule has 2 atom stereocenters. The molecule has 0 aliphatic carbocycles. The maximum absolute atomic E-state index is 9.34. The van der Waals surface area contributed by atoms with E-state index in [0.29, 0.717) is 5.92 Å². The summed E-state index contributed by atoms with van der Waals surface area (Å²) in [6, 6.07) is 0. The molecule has 0 aromatic rings. The summed E-state index contributed by atoms with van der Waals surface area (Å²) in [6.07, 6.45) is -0.00159. The van der Waals surface area contributed by atoms with E-state index >= 15 is 0 Å². The third-order valence-corrected chi connectivity index (χ3v) is 3.52. The van der Waals surface area contributed by atoms with Crippen LogP contribution in [-0.4, -0.2) is 18.0 Å². The van der Waals surface area contributed by atoms with Crippen LogP contribution in [0.2, 0.25) is 0 Å². The van der Waals surface area contributed by atoms with E-state index in [1.54, 1.807) is 7.05 Å². The van der Waals surface area contributed by atoms with Crippen molar-refractivity contribution in [1.29, 1.82) is 0 Å². The first-order valence-corrected chi connectivity index (χ1v) is 6.26. The van der Waals surface area contributed by atoms with Gasteiger partial charge < -0.3 is 9.42 Å². The first-order valence-electron chi connectivity index (χ1n) is 3.59. The maximum atomic E-state index is 9.34. The van der Waals surface area contributed by atoms with Crippen molar-refractivity contribution in [2.24, 2.45) is 5.92 Å². The lowest BCUT2D eigenvalue weighted by Crippen LogP contribution is -2.17. The van der Waals surface area contributed by atoms with Crippen molar-refractivity contribution >= 4 is 18.4 Å². The van der Waals surface area contributed by atoms with Crippen molar-refractivity contribution in [3.63, 3.8) is 0 Å². The Bertz CT molecular complexity index is 163. The van der Waals surface area contributed by atoms with E-state index in [2.05, 4.69) is 5.09 Å². The Morgan fingerprint density at radius 2 is 1.91 bits per heavy atom. The molecule has 5 heteroatoms. The second-order valence-electron chi connectivity index (χ2n) is 2.80. The highest BCUT2D eigenvalue weighted by atomic mass is 32.5. The largest absolute Gasteiger partial charge is 0.334 e. The average molecular weight is 197 g/mol. The zero-order valence-corrected chi connectivity index (χ0v) is 9.08. The monoisotopic (exact) mass is 197 g/mol. The van der Waals surface area contributed by atoms with Crippen molar-refractivity contribution < 1.29 is 9.42 Å². The molecule has 0 bridgehead atoms. The highest BCUT2D eigenvalue weighted by molar-refractivity contribution is 8.08. The molecule has 2 N–H and O–H groups in total.